The quantitative estimate of drug-likeness (QED) is 0.759. The second kappa shape index (κ2) is 4.77. The van der Waals surface area contributed by atoms with Crippen molar-refractivity contribution < 1.29 is 4.74 Å². The third-order valence-corrected chi connectivity index (χ3v) is 1.84. The van der Waals surface area contributed by atoms with Gasteiger partial charge in [0.15, 0.2) is 0 Å². The smallest absolute Gasteiger partial charge is 0.147 e. The molecule has 0 aliphatic carbocycles. The van der Waals surface area contributed by atoms with Crippen LogP contribution in [0.2, 0.25) is 0 Å². The largest absolute Gasteiger partial charge is 0.380 e. The summed E-state index contributed by atoms with van der Waals surface area (Å²) in [6, 6.07) is 0. The van der Waals surface area contributed by atoms with Gasteiger partial charge in [-0.05, 0) is 13.8 Å². The van der Waals surface area contributed by atoms with Gasteiger partial charge in [0.1, 0.15) is 5.82 Å². The van der Waals surface area contributed by atoms with Gasteiger partial charge in [0, 0.05) is 26.0 Å². The van der Waals surface area contributed by atoms with Crippen LogP contribution in [0.25, 0.3) is 0 Å². The highest BCUT2D eigenvalue weighted by molar-refractivity contribution is 5.38. The molecule has 0 saturated heterocycles. The van der Waals surface area contributed by atoms with Gasteiger partial charge in [-0.1, -0.05) is 0 Å². The molecule has 0 fully saturated rings. The molecular weight excluding hydrogens is 166 g/mol. The minimum atomic E-state index is 0.182. The number of hydrogen-bond donors (Lipinski definition) is 1. The van der Waals surface area contributed by atoms with Crippen molar-refractivity contribution in [1.82, 2.24) is 9.97 Å². The predicted molar refractivity (Wildman–Crippen MR) is 51.7 cm³/mol. The molecule has 0 aromatic carbocycles. The van der Waals surface area contributed by atoms with E-state index in [1.165, 1.54) is 0 Å². The molecule has 1 aromatic heterocycles. The van der Waals surface area contributed by atoms with Crippen LogP contribution in [0.3, 0.4) is 0 Å². The monoisotopic (exact) mass is 181 g/mol. The number of ether oxygens (including phenoxy) is 1. The van der Waals surface area contributed by atoms with Gasteiger partial charge >= 0.3 is 0 Å². The lowest BCUT2D eigenvalue weighted by molar-refractivity contribution is 0.128. The van der Waals surface area contributed by atoms with Gasteiger partial charge in [-0.25, -0.2) is 4.98 Å². The Bertz CT molecular complexity index is 265. The van der Waals surface area contributed by atoms with Gasteiger partial charge in [0.25, 0.3) is 0 Å². The molecule has 1 rings (SSSR count). The average molecular weight is 181 g/mol. The maximum atomic E-state index is 5.10. The van der Waals surface area contributed by atoms with Gasteiger partial charge in [0.2, 0.25) is 0 Å². The Hall–Kier alpha value is -1.16. The summed E-state index contributed by atoms with van der Waals surface area (Å²) in [4.78, 5) is 8.27. The van der Waals surface area contributed by atoms with Crippen molar-refractivity contribution in [3.63, 3.8) is 0 Å². The Morgan fingerprint density at radius 1 is 1.46 bits per heavy atom. The van der Waals surface area contributed by atoms with E-state index < -0.39 is 0 Å². The molecule has 1 heterocycles. The summed E-state index contributed by atoms with van der Waals surface area (Å²) in [5, 5.41) is 3.16. The molecule has 1 unspecified atom stereocenters. The molecule has 0 aliphatic heterocycles. The van der Waals surface area contributed by atoms with E-state index in [2.05, 4.69) is 15.3 Å². The maximum Gasteiger partial charge on any atom is 0.147 e. The molecule has 4 nitrogen and oxygen atoms in total. The lowest BCUT2D eigenvalue weighted by atomic mass is 10.4. The van der Waals surface area contributed by atoms with E-state index in [-0.39, 0.29) is 6.10 Å². The van der Waals surface area contributed by atoms with E-state index in [1.54, 1.807) is 19.5 Å². The third kappa shape index (κ3) is 2.99. The van der Waals surface area contributed by atoms with E-state index in [4.69, 9.17) is 4.74 Å². The van der Waals surface area contributed by atoms with Gasteiger partial charge in [-0.15, -0.1) is 0 Å². The zero-order valence-electron chi connectivity index (χ0n) is 8.24. The molecular formula is C9H15N3O. The van der Waals surface area contributed by atoms with E-state index in [1.807, 2.05) is 13.8 Å². The highest BCUT2D eigenvalue weighted by atomic mass is 16.5. The number of nitrogens with one attached hydrogen (secondary N) is 1. The second-order valence-electron chi connectivity index (χ2n) is 2.92. The van der Waals surface area contributed by atoms with Crippen LogP contribution in [0.1, 0.15) is 12.6 Å². The van der Waals surface area contributed by atoms with Crippen LogP contribution in [0, 0.1) is 6.92 Å². The Labute approximate surface area is 78.4 Å². The molecule has 13 heavy (non-hydrogen) atoms. The molecule has 0 radical (unpaired) electrons. The van der Waals surface area contributed by atoms with Gasteiger partial charge in [0.05, 0.1) is 11.8 Å². The van der Waals surface area contributed by atoms with Crippen LogP contribution in [0.5, 0.6) is 0 Å². The van der Waals surface area contributed by atoms with Crippen LogP contribution in [0.4, 0.5) is 5.82 Å². The van der Waals surface area contributed by atoms with Crippen molar-refractivity contribution in [2.75, 3.05) is 19.0 Å². The topological polar surface area (TPSA) is 47.0 Å². The lowest BCUT2D eigenvalue weighted by Crippen LogP contribution is -2.19. The van der Waals surface area contributed by atoms with Crippen molar-refractivity contribution in [2.24, 2.45) is 0 Å². The number of hydrogen-bond acceptors (Lipinski definition) is 4. The Kier molecular flexibility index (Phi) is 3.64. The molecule has 1 aromatic rings. The molecule has 1 N–H and O–H groups in total. The van der Waals surface area contributed by atoms with Gasteiger partial charge < -0.3 is 10.1 Å². The highest BCUT2D eigenvalue weighted by Crippen LogP contribution is 2.05. The van der Waals surface area contributed by atoms with Crippen molar-refractivity contribution in [2.45, 2.75) is 20.0 Å². The number of aromatic nitrogens is 2. The second-order valence-corrected chi connectivity index (χ2v) is 2.92. The molecule has 72 valence electrons. The van der Waals surface area contributed by atoms with Crippen molar-refractivity contribution >= 4 is 5.82 Å². The molecule has 0 amide bonds. The van der Waals surface area contributed by atoms with Gasteiger partial charge in [-0.2, -0.15) is 0 Å². The molecule has 0 spiro atoms. The fourth-order valence-corrected chi connectivity index (χ4v) is 0.905. The summed E-state index contributed by atoms with van der Waals surface area (Å²) in [6.07, 6.45) is 3.54. The predicted octanol–water partition coefficient (Wildman–Crippen LogP) is 1.23. The Morgan fingerprint density at radius 3 is 2.77 bits per heavy atom. The number of anilines is 1. The minimum Gasteiger partial charge on any atom is -0.380 e. The standard InChI is InChI=1S/C9H15N3O/c1-7(13-3)6-12-9-8(2)10-4-5-11-9/h4-5,7H,6H2,1-3H3,(H,11,12). The minimum absolute atomic E-state index is 0.182. The van der Waals surface area contributed by atoms with E-state index in [0.29, 0.717) is 0 Å². The van der Waals surface area contributed by atoms with E-state index in [9.17, 15) is 0 Å². The van der Waals surface area contributed by atoms with E-state index in [0.717, 1.165) is 18.1 Å². The number of methoxy groups -OCH3 is 1. The molecule has 0 saturated carbocycles. The van der Waals surface area contributed by atoms with Crippen LogP contribution in [-0.4, -0.2) is 29.7 Å². The van der Waals surface area contributed by atoms with Gasteiger partial charge in [-0.3, -0.25) is 4.98 Å². The number of aryl methyl sites for hydroxylation is 1. The fraction of sp³-hybridized carbons (Fsp3) is 0.556. The Morgan fingerprint density at radius 2 is 2.15 bits per heavy atom. The summed E-state index contributed by atoms with van der Waals surface area (Å²) < 4.78 is 5.10. The summed E-state index contributed by atoms with van der Waals surface area (Å²) >= 11 is 0. The van der Waals surface area contributed by atoms with Crippen LogP contribution in [0.15, 0.2) is 12.4 Å². The van der Waals surface area contributed by atoms with Crippen molar-refractivity contribution in [1.29, 1.82) is 0 Å². The zero-order chi connectivity index (χ0) is 9.68. The zero-order valence-corrected chi connectivity index (χ0v) is 8.24. The van der Waals surface area contributed by atoms with Crippen LogP contribution in [-0.2, 0) is 4.74 Å². The first-order chi connectivity index (χ1) is 6.24. The summed E-state index contributed by atoms with van der Waals surface area (Å²) in [5.74, 6) is 0.825. The summed E-state index contributed by atoms with van der Waals surface area (Å²) in [6.45, 7) is 4.67. The first-order valence-electron chi connectivity index (χ1n) is 4.28. The first-order valence-corrected chi connectivity index (χ1v) is 4.28. The number of rotatable bonds is 4. The van der Waals surface area contributed by atoms with Crippen molar-refractivity contribution in [3.05, 3.63) is 18.1 Å². The number of nitrogens with zero attached hydrogens (tertiary/aromatic N) is 2. The molecule has 0 bridgehead atoms. The van der Waals surface area contributed by atoms with Crippen molar-refractivity contribution in [3.8, 4) is 0 Å². The molecule has 0 aliphatic rings. The average Bonchev–Trinajstić information content (AvgIpc) is 2.16. The molecule has 4 heteroatoms. The normalized spacial score (nSPS) is 12.5. The fourth-order valence-electron chi connectivity index (χ4n) is 0.905. The van der Waals surface area contributed by atoms with Crippen LogP contribution < -0.4 is 5.32 Å². The lowest BCUT2D eigenvalue weighted by Gasteiger charge is -2.11. The molecule has 1 atom stereocenters. The maximum absolute atomic E-state index is 5.10. The van der Waals surface area contributed by atoms with E-state index >= 15 is 0 Å². The van der Waals surface area contributed by atoms with Crippen LogP contribution >= 0.6 is 0 Å². The summed E-state index contributed by atoms with van der Waals surface area (Å²) in [5.41, 5.74) is 0.908. The highest BCUT2D eigenvalue weighted by Gasteiger charge is 2.01. The Balaban J connectivity index is 2.50. The summed E-state index contributed by atoms with van der Waals surface area (Å²) in [7, 11) is 1.69. The SMILES string of the molecule is COC(C)CNc1nccnc1C. The third-order valence-electron chi connectivity index (χ3n) is 1.84. The first kappa shape index (κ1) is 9.92.